The van der Waals surface area contributed by atoms with E-state index in [9.17, 15) is 10.1 Å². The first-order valence-corrected chi connectivity index (χ1v) is 7.96. The molecule has 25 heavy (non-hydrogen) atoms. The molecule has 0 aliphatic rings. The van der Waals surface area contributed by atoms with E-state index >= 15 is 0 Å². The number of carbonyl (C=O) groups excluding carboxylic acids is 1. The molecular formula is C21H18N2O2. The lowest BCUT2D eigenvalue weighted by Gasteiger charge is -2.08. The van der Waals surface area contributed by atoms with Crippen LogP contribution >= 0.6 is 0 Å². The summed E-state index contributed by atoms with van der Waals surface area (Å²) in [6, 6.07) is 17.6. The molecule has 4 nitrogen and oxygen atoms in total. The number of rotatable bonds is 5. The Morgan fingerprint density at radius 2 is 1.92 bits per heavy atom. The molecular weight excluding hydrogens is 312 g/mol. The molecule has 0 saturated heterocycles. The highest BCUT2D eigenvalue weighted by molar-refractivity contribution is 5.93. The van der Waals surface area contributed by atoms with Gasteiger partial charge in [-0.1, -0.05) is 36.4 Å². The molecule has 0 aliphatic carbocycles. The highest BCUT2D eigenvalue weighted by Gasteiger charge is 2.14. The van der Waals surface area contributed by atoms with Crippen molar-refractivity contribution in [2.45, 2.75) is 13.5 Å². The third kappa shape index (κ3) is 3.05. The van der Waals surface area contributed by atoms with Crippen molar-refractivity contribution in [3.8, 4) is 11.8 Å². The van der Waals surface area contributed by atoms with Gasteiger partial charge in [-0.05, 0) is 30.7 Å². The van der Waals surface area contributed by atoms with Gasteiger partial charge in [0.1, 0.15) is 5.75 Å². The number of ether oxygens (including phenoxy) is 1. The number of benzene rings is 2. The zero-order valence-corrected chi connectivity index (χ0v) is 14.2. The maximum absolute atomic E-state index is 11.6. The minimum absolute atomic E-state index is 0.330. The minimum Gasteiger partial charge on any atom is -0.496 e. The van der Waals surface area contributed by atoms with E-state index in [1.54, 1.807) is 13.2 Å². The molecule has 0 fully saturated rings. The Bertz CT molecular complexity index is 1010. The van der Waals surface area contributed by atoms with E-state index in [-0.39, 0.29) is 0 Å². The van der Waals surface area contributed by atoms with Gasteiger partial charge < -0.3 is 9.30 Å². The lowest BCUT2D eigenvalue weighted by atomic mass is 10.1. The number of aromatic nitrogens is 1. The predicted octanol–water partition coefficient (Wildman–Crippen LogP) is 4.38. The number of para-hydroxylation sites is 2. The number of nitriles is 1. The van der Waals surface area contributed by atoms with Crippen LogP contribution in [0.25, 0.3) is 17.0 Å². The summed E-state index contributed by atoms with van der Waals surface area (Å²) in [5.41, 5.74) is 3.86. The summed E-state index contributed by atoms with van der Waals surface area (Å²) in [5.74, 6) is 0.708. The van der Waals surface area contributed by atoms with Crippen molar-refractivity contribution in [3.63, 3.8) is 0 Å². The number of aldehydes is 1. The summed E-state index contributed by atoms with van der Waals surface area (Å²) >= 11 is 0. The van der Waals surface area contributed by atoms with Crippen molar-refractivity contribution in [2.24, 2.45) is 0 Å². The van der Waals surface area contributed by atoms with Gasteiger partial charge in [-0.25, -0.2) is 0 Å². The van der Waals surface area contributed by atoms with E-state index in [1.807, 2.05) is 60.0 Å². The molecule has 124 valence electrons. The summed E-state index contributed by atoms with van der Waals surface area (Å²) in [7, 11) is 1.60. The topological polar surface area (TPSA) is 55.0 Å². The summed E-state index contributed by atoms with van der Waals surface area (Å²) in [6.07, 6.45) is 2.66. The second kappa shape index (κ2) is 7.06. The first-order chi connectivity index (χ1) is 12.2. The summed E-state index contributed by atoms with van der Waals surface area (Å²) in [6.45, 7) is 2.26. The highest BCUT2D eigenvalue weighted by Crippen LogP contribution is 2.26. The molecule has 0 atom stereocenters. The standard InChI is InChI=1S/C21H18N2O2/c1-15-18-8-4-5-9-19(18)23(20(15)14-24)13-16(12-22)11-17-7-3-6-10-21(17)25-2/h3-11,14H,13H2,1-2H3/b16-11+. The lowest BCUT2D eigenvalue weighted by Crippen LogP contribution is -2.05. The molecule has 0 bridgehead atoms. The molecule has 0 aliphatic heterocycles. The van der Waals surface area contributed by atoms with Crippen LogP contribution in [0.5, 0.6) is 5.75 Å². The quantitative estimate of drug-likeness (QED) is 0.515. The Balaban J connectivity index is 2.09. The van der Waals surface area contributed by atoms with Crippen LogP contribution in [-0.4, -0.2) is 18.0 Å². The van der Waals surface area contributed by atoms with Crippen LogP contribution in [0.4, 0.5) is 0 Å². The van der Waals surface area contributed by atoms with Crippen molar-refractivity contribution in [1.82, 2.24) is 4.57 Å². The average Bonchev–Trinajstić information content (AvgIpc) is 2.93. The van der Waals surface area contributed by atoms with Crippen molar-refractivity contribution >= 4 is 23.3 Å². The number of allylic oxidation sites excluding steroid dienone is 1. The van der Waals surface area contributed by atoms with Crippen molar-refractivity contribution in [3.05, 3.63) is 70.9 Å². The van der Waals surface area contributed by atoms with Crippen LogP contribution in [0.2, 0.25) is 0 Å². The Hall–Kier alpha value is -3.32. The molecule has 0 N–H and O–H groups in total. The van der Waals surface area contributed by atoms with Gasteiger partial charge in [-0.15, -0.1) is 0 Å². The summed E-state index contributed by atoms with van der Waals surface area (Å²) < 4.78 is 7.23. The van der Waals surface area contributed by atoms with Crippen molar-refractivity contribution in [2.75, 3.05) is 7.11 Å². The van der Waals surface area contributed by atoms with Crippen LogP contribution in [0.3, 0.4) is 0 Å². The number of methoxy groups -OCH3 is 1. The van der Waals surface area contributed by atoms with Gasteiger partial charge in [-0.2, -0.15) is 5.26 Å². The van der Waals surface area contributed by atoms with Gasteiger partial charge in [0.25, 0.3) is 0 Å². The van der Waals surface area contributed by atoms with Gasteiger partial charge in [0.15, 0.2) is 6.29 Å². The second-order valence-electron chi connectivity index (χ2n) is 5.75. The normalized spacial score (nSPS) is 11.3. The molecule has 0 saturated carbocycles. The van der Waals surface area contributed by atoms with E-state index in [0.717, 1.165) is 28.3 Å². The Morgan fingerprint density at radius 3 is 2.64 bits per heavy atom. The third-order valence-corrected chi connectivity index (χ3v) is 4.33. The number of aryl methyl sites for hydroxylation is 1. The van der Waals surface area contributed by atoms with Crippen molar-refractivity contribution in [1.29, 1.82) is 5.26 Å². The predicted molar refractivity (Wildman–Crippen MR) is 98.6 cm³/mol. The Kier molecular flexibility index (Phi) is 4.67. The Labute approximate surface area is 146 Å². The molecule has 1 heterocycles. The molecule has 0 unspecified atom stereocenters. The highest BCUT2D eigenvalue weighted by atomic mass is 16.5. The number of hydrogen-bond donors (Lipinski definition) is 0. The minimum atomic E-state index is 0.330. The number of fused-ring (bicyclic) bond motifs is 1. The molecule has 0 radical (unpaired) electrons. The average molecular weight is 330 g/mol. The molecule has 1 aromatic heterocycles. The molecule has 2 aromatic carbocycles. The zero-order chi connectivity index (χ0) is 17.8. The smallest absolute Gasteiger partial charge is 0.166 e. The maximum atomic E-state index is 11.6. The van der Waals surface area contributed by atoms with Gasteiger partial charge in [0.2, 0.25) is 0 Å². The van der Waals surface area contributed by atoms with Gasteiger partial charge in [-0.3, -0.25) is 4.79 Å². The first kappa shape index (κ1) is 16.5. The fraction of sp³-hybridized carbons (Fsp3) is 0.143. The van der Waals surface area contributed by atoms with Crippen LogP contribution in [0.1, 0.15) is 21.6 Å². The van der Waals surface area contributed by atoms with Crippen molar-refractivity contribution < 1.29 is 9.53 Å². The monoisotopic (exact) mass is 330 g/mol. The maximum Gasteiger partial charge on any atom is 0.166 e. The molecule has 4 heteroatoms. The zero-order valence-electron chi connectivity index (χ0n) is 14.2. The molecule has 0 amide bonds. The van der Waals surface area contributed by atoms with Crippen LogP contribution in [0, 0.1) is 18.3 Å². The van der Waals surface area contributed by atoms with Crippen LogP contribution in [-0.2, 0) is 6.54 Å². The SMILES string of the molecule is COc1ccccc1/C=C(\C#N)Cn1c(C=O)c(C)c2ccccc21. The lowest BCUT2D eigenvalue weighted by molar-refractivity contribution is 0.111. The molecule has 3 aromatic rings. The number of carbonyl (C=O) groups is 1. The first-order valence-electron chi connectivity index (χ1n) is 7.96. The summed E-state index contributed by atoms with van der Waals surface area (Å²) in [5, 5.41) is 10.6. The van der Waals surface area contributed by atoms with E-state index in [1.165, 1.54) is 0 Å². The van der Waals surface area contributed by atoms with Gasteiger partial charge >= 0.3 is 0 Å². The third-order valence-electron chi connectivity index (χ3n) is 4.33. The number of hydrogen-bond acceptors (Lipinski definition) is 3. The summed E-state index contributed by atoms with van der Waals surface area (Å²) in [4.78, 5) is 11.6. The van der Waals surface area contributed by atoms with E-state index in [2.05, 4.69) is 6.07 Å². The molecule has 3 rings (SSSR count). The Morgan fingerprint density at radius 1 is 1.20 bits per heavy atom. The van der Waals surface area contributed by atoms with Gasteiger partial charge in [0, 0.05) is 16.5 Å². The van der Waals surface area contributed by atoms with Gasteiger partial charge in [0.05, 0.1) is 31.0 Å². The van der Waals surface area contributed by atoms with Crippen LogP contribution in [0.15, 0.2) is 54.1 Å². The van der Waals surface area contributed by atoms with Crippen LogP contribution < -0.4 is 4.74 Å². The molecule has 0 spiro atoms. The van der Waals surface area contributed by atoms with E-state index in [0.29, 0.717) is 23.6 Å². The second-order valence-corrected chi connectivity index (χ2v) is 5.75. The fourth-order valence-electron chi connectivity index (χ4n) is 3.08. The number of nitrogens with zero attached hydrogens (tertiary/aromatic N) is 2. The van der Waals surface area contributed by atoms with E-state index < -0.39 is 0 Å². The van der Waals surface area contributed by atoms with E-state index in [4.69, 9.17) is 4.74 Å². The largest absolute Gasteiger partial charge is 0.496 e. The fourth-order valence-corrected chi connectivity index (χ4v) is 3.08.